The van der Waals surface area contributed by atoms with Crippen molar-refractivity contribution in [2.75, 3.05) is 4.72 Å². The molecule has 0 bridgehead atoms. The monoisotopic (exact) mass is 349 g/mol. The molecule has 0 radical (unpaired) electrons. The van der Waals surface area contributed by atoms with E-state index >= 15 is 0 Å². The van der Waals surface area contributed by atoms with Gasteiger partial charge >= 0.3 is 0 Å². The molecule has 0 saturated carbocycles. The van der Waals surface area contributed by atoms with E-state index in [1.54, 1.807) is 24.3 Å². The highest BCUT2D eigenvalue weighted by Crippen LogP contribution is 2.26. The van der Waals surface area contributed by atoms with Crippen LogP contribution in [0.15, 0.2) is 34.5 Å². The van der Waals surface area contributed by atoms with Crippen LogP contribution in [0.1, 0.15) is 30.5 Å². The van der Waals surface area contributed by atoms with E-state index in [1.807, 2.05) is 24.6 Å². The number of nitrogens with zero attached hydrogens (tertiary/aromatic N) is 2. The topological polar surface area (TPSA) is 64.0 Å². The van der Waals surface area contributed by atoms with Gasteiger partial charge in [0.2, 0.25) is 0 Å². The lowest BCUT2D eigenvalue weighted by molar-refractivity contribution is 0.603. The molecule has 7 heteroatoms. The highest BCUT2D eigenvalue weighted by Gasteiger charge is 2.17. The van der Waals surface area contributed by atoms with E-state index < -0.39 is 10.0 Å². The van der Waals surface area contributed by atoms with E-state index in [9.17, 15) is 8.42 Å². The molecular weight excluding hydrogens is 330 g/mol. The molecule has 0 aliphatic rings. The average molecular weight is 349 g/mol. The second-order valence-corrected chi connectivity index (χ2v) is 9.05. The van der Waals surface area contributed by atoms with Crippen molar-refractivity contribution >= 4 is 38.1 Å². The number of rotatable bonds is 4. The SMILES string of the molecule is Cc1ccc(S(=O)(=O)Nc2ccc3c(c2)nc(C(C)C)n3C)s1. The summed E-state index contributed by atoms with van der Waals surface area (Å²) in [7, 11) is -1.57. The molecule has 0 fully saturated rings. The maximum Gasteiger partial charge on any atom is 0.271 e. The van der Waals surface area contributed by atoms with Crippen LogP contribution >= 0.6 is 11.3 Å². The van der Waals surface area contributed by atoms with E-state index in [0.29, 0.717) is 15.8 Å². The smallest absolute Gasteiger partial charge is 0.271 e. The Balaban J connectivity index is 1.98. The number of sulfonamides is 1. The molecule has 1 aromatic carbocycles. The van der Waals surface area contributed by atoms with Crippen molar-refractivity contribution in [1.82, 2.24) is 9.55 Å². The lowest BCUT2D eigenvalue weighted by Crippen LogP contribution is -2.11. The van der Waals surface area contributed by atoms with Crippen LogP contribution in [0.25, 0.3) is 11.0 Å². The molecule has 3 rings (SSSR count). The molecule has 0 unspecified atom stereocenters. The number of nitrogens with one attached hydrogen (secondary N) is 1. The Bertz CT molecular complexity index is 969. The summed E-state index contributed by atoms with van der Waals surface area (Å²) in [6.45, 7) is 6.06. The summed E-state index contributed by atoms with van der Waals surface area (Å²) < 4.78 is 29.8. The molecule has 0 spiro atoms. The van der Waals surface area contributed by atoms with Crippen LogP contribution in [0.5, 0.6) is 0 Å². The Morgan fingerprint density at radius 1 is 1.22 bits per heavy atom. The molecule has 0 aliphatic heterocycles. The lowest BCUT2D eigenvalue weighted by Gasteiger charge is -2.06. The molecule has 5 nitrogen and oxygen atoms in total. The minimum Gasteiger partial charge on any atom is -0.331 e. The zero-order chi connectivity index (χ0) is 16.8. The van der Waals surface area contributed by atoms with Gasteiger partial charge in [-0.15, -0.1) is 11.3 Å². The van der Waals surface area contributed by atoms with Gasteiger partial charge in [-0.1, -0.05) is 13.8 Å². The van der Waals surface area contributed by atoms with E-state index in [1.165, 1.54) is 11.3 Å². The third kappa shape index (κ3) is 2.98. The van der Waals surface area contributed by atoms with Crippen molar-refractivity contribution in [3.8, 4) is 0 Å². The van der Waals surface area contributed by atoms with Gasteiger partial charge in [0.1, 0.15) is 10.0 Å². The summed E-state index contributed by atoms with van der Waals surface area (Å²) in [5.74, 6) is 1.29. The van der Waals surface area contributed by atoms with Gasteiger partial charge in [0.05, 0.1) is 16.7 Å². The van der Waals surface area contributed by atoms with Crippen molar-refractivity contribution in [2.24, 2.45) is 7.05 Å². The zero-order valence-corrected chi connectivity index (χ0v) is 15.1. The number of benzene rings is 1. The maximum atomic E-state index is 12.4. The number of thiophene rings is 1. The summed E-state index contributed by atoms with van der Waals surface area (Å²) in [5.41, 5.74) is 2.30. The van der Waals surface area contributed by atoms with Gasteiger partial charge in [-0.05, 0) is 37.3 Å². The molecule has 2 heterocycles. The summed E-state index contributed by atoms with van der Waals surface area (Å²) >= 11 is 1.26. The lowest BCUT2D eigenvalue weighted by atomic mass is 10.2. The number of fused-ring (bicyclic) bond motifs is 1. The molecular formula is C16H19N3O2S2. The number of anilines is 1. The third-order valence-corrected chi connectivity index (χ3v) is 6.54. The Hall–Kier alpha value is -1.86. The average Bonchev–Trinajstić information content (AvgIpc) is 3.03. The van der Waals surface area contributed by atoms with Gasteiger partial charge in [-0.25, -0.2) is 13.4 Å². The van der Waals surface area contributed by atoms with Gasteiger partial charge in [-0.2, -0.15) is 0 Å². The fourth-order valence-electron chi connectivity index (χ4n) is 2.56. The van der Waals surface area contributed by atoms with Gasteiger partial charge in [0.15, 0.2) is 0 Å². The van der Waals surface area contributed by atoms with Crippen LogP contribution in [-0.4, -0.2) is 18.0 Å². The summed E-state index contributed by atoms with van der Waals surface area (Å²) in [4.78, 5) is 5.57. The maximum absolute atomic E-state index is 12.4. The third-order valence-electron chi connectivity index (χ3n) is 3.66. The van der Waals surface area contributed by atoms with Crippen molar-refractivity contribution in [2.45, 2.75) is 30.9 Å². The van der Waals surface area contributed by atoms with Gasteiger partial charge in [-0.3, -0.25) is 4.72 Å². The quantitative estimate of drug-likeness (QED) is 0.778. The first-order valence-electron chi connectivity index (χ1n) is 7.33. The zero-order valence-electron chi connectivity index (χ0n) is 13.5. The fraction of sp³-hybridized carbons (Fsp3) is 0.312. The first-order chi connectivity index (χ1) is 10.8. The van der Waals surface area contributed by atoms with Crippen molar-refractivity contribution in [3.05, 3.63) is 41.0 Å². The first-order valence-corrected chi connectivity index (χ1v) is 9.63. The summed E-state index contributed by atoms with van der Waals surface area (Å²) in [6.07, 6.45) is 0. The Kier molecular flexibility index (Phi) is 3.93. The van der Waals surface area contributed by atoms with Crippen LogP contribution in [0.4, 0.5) is 5.69 Å². The summed E-state index contributed by atoms with van der Waals surface area (Å²) in [5, 5.41) is 0. The van der Waals surface area contributed by atoms with Crippen molar-refractivity contribution in [1.29, 1.82) is 0 Å². The number of hydrogen-bond donors (Lipinski definition) is 1. The Morgan fingerprint density at radius 3 is 2.57 bits per heavy atom. The predicted molar refractivity (Wildman–Crippen MR) is 94.7 cm³/mol. The van der Waals surface area contributed by atoms with Crippen molar-refractivity contribution < 1.29 is 8.42 Å². The van der Waals surface area contributed by atoms with Crippen LogP contribution in [0.2, 0.25) is 0 Å². The van der Waals surface area contributed by atoms with Gasteiger partial charge < -0.3 is 4.57 Å². The number of hydrogen-bond acceptors (Lipinski definition) is 4. The molecule has 2 aromatic heterocycles. The highest BCUT2D eigenvalue weighted by molar-refractivity contribution is 7.94. The minimum atomic E-state index is -3.55. The van der Waals surface area contributed by atoms with E-state index in [4.69, 9.17) is 0 Å². The molecule has 0 aliphatic carbocycles. The molecule has 0 saturated heterocycles. The number of aryl methyl sites for hydroxylation is 2. The molecule has 0 atom stereocenters. The van der Waals surface area contributed by atoms with Crippen molar-refractivity contribution in [3.63, 3.8) is 0 Å². The molecule has 1 N–H and O–H groups in total. The molecule has 3 aromatic rings. The Morgan fingerprint density at radius 2 is 1.96 bits per heavy atom. The largest absolute Gasteiger partial charge is 0.331 e. The van der Waals surface area contributed by atoms with E-state index in [-0.39, 0.29) is 0 Å². The number of imidazole rings is 1. The first kappa shape index (κ1) is 16.0. The standard InChI is InChI=1S/C16H19N3O2S2/c1-10(2)16-17-13-9-12(6-7-14(13)19(16)4)18-23(20,21)15-8-5-11(3)22-15/h5-10,18H,1-4H3. The predicted octanol–water partition coefficient (Wildman–Crippen LogP) is 3.87. The minimum absolute atomic E-state index is 0.307. The molecule has 0 amide bonds. The molecule has 23 heavy (non-hydrogen) atoms. The van der Waals surface area contributed by atoms with Gasteiger partial charge in [0.25, 0.3) is 10.0 Å². The fourth-order valence-corrected chi connectivity index (χ4v) is 4.89. The van der Waals surface area contributed by atoms with Crippen LogP contribution < -0.4 is 4.72 Å². The Labute approximate surface area is 140 Å². The second-order valence-electron chi connectivity index (χ2n) is 5.86. The van der Waals surface area contributed by atoms with E-state index in [2.05, 4.69) is 23.6 Å². The molecule has 122 valence electrons. The second kappa shape index (κ2) is 5.65. The van der Waals surface area contributed by atoms with Gasteiger partial charge in [0, 0.05) is 17.8 Å². The van der Waals surface area contributed by atoms with Crippen LogP contribution in [0.3, 0.4) is 0 Å². The van der Waals surface area contributed by atoms with Crippen LogP contribution in [0, 0.1) is 6.92 Å². The number of aromatic nitrogens is 2. The highest BCUT2D eigenvalue weighted by atomic mass is 32.2. The van der Waals surface area contributed by atoms with E-state index in [0.717, 1.165) is 21.7 Å². The normalized spacial score (nSPS) is 12.2. The van der Waals surface area contributed by atoms with Crippen LogP contribution in [-0.2, 0) is 17.1 Å². The summed E-state index contributed by atoms with van der Waals surface area (Å²) in [6, 6.07) is 8.87.